The number of pyridine rings is 1. The average Bonchev–Trinajstić information content (AvgIpc) is 3.21. The minimum absolute atomic E-state index is 0.0965. The first-order chi connectivity index (χ1) is 16.0. The Bertz CT molecular complexity index is 1370. The molecule has 33 heavy (non-hydrogen) atoms. The van der Waals surface area contributed by atoms with Crippen LogP contribution in [0, 0.1) is 0 Å². The fourth-order valence-corrected chi connectivity index (χ4v) is 4.68. The molecule has 0 spiro atoms. The topological polar surface area (TPSA) is 89.1 Å². The van der Waals surface area contributed by atoms with E-state index in [1.165, 1.54) is 0 Å². The van der Waals surface area contributed by atoms with Crippen LogP contribution in [0.3, 0.4) is 0 Å². The summed E-state index contributed by atoms with van der Waals surface area (Å²) in [5, 5.41) is 5.23. The van der Waals surface area contributed by atoms with Gasteiger partial charge in [0.15, 0.2) is 0 Å². The molecule has 1 amide bonds. The van der Waals surface area contributed by atoms with E-state index in [9.17, 15) is 4.79 Å². The maximum absolute atomic E-state index is 12.1. The van der Waals surface area contributed by atoms with E-state index in [4.69, 9.17) is 15.7 Å². The Morgan fingerprint density at radius 3 is 2.76 bits per heavy atom. The molecule has 2 aromatic heterocycles. The summed E-state index contributed by atoms with van der Waals surface area (Å²) in [5.74, 6) is 1.16. The molecule has 0 aliphatic carbocycles. The van der Waals surface area contributed by atoms with Gasteiger partial charge < -0.3 is 20.5 Å². The van der Waals surface area contributed by atoms with Gasteiger partial charge in [-0.3, -0.25) is 9.78 Å². The van der Waals surface area contributed by atoms with Gasteiger partial charge in [-0.1, -0.05) is 31.2 Å². The third-order valence-corrected chi connectivity index (χ3v) is 6.48. The predicted molar refractivity (Wildman–Crippen MR) is 133 cm³/mol. The minimum Gasteiger partial charge on any atom is -0.397 e. The first kappa shape index (κ1) is 21.0. The van der Waals surface area contributed by atoms with E-state index in [-0.39, 0.29) is 5.91 Å². The first-order valence-electron chi connectivity index (χ1n) is 11.3. The van der Waals surface area contributed by atoms with E-state index in [0.29, 0.717) is 12.2 Å². The number of nitrogen functional groups attached to an aromatic ring is 1. The minimum atomic E-state index is 0.0965. The monoisotopic (exact) mass is 440 g/mol. The average molecular weight is 441 g/mol. The number of hydrogen-bond acceptors (Lipinski definition) is 5. The number of fused-ring (bicyclic) bond motifs is 2. The molecule has 1 aliphatic rings. The lowest BCUT2D eigenvalue weighted by Gasteiger charge is -2.28. The SMILES string of the molecule is CCc1nc(-c2cccc3cc(-c4ccc(NC)c(N)c4)ncc23)c2n1CCN(C(C)=O)C2. The molecule has 3 heterocycles. The van der Waals surface area contributed by atoms with Gasteiger partial charge >= 0.3 is 0 Å². The van der Waals surface area contributed by atoms with Crippen LogP contribution in [0.15, 0.2) is 48.7 Å². The number of aromatic nitrogens is 3. The fourth-order valence-electron chi connectivity index (χ4n) is 4.68. The van der Waals surface area contributed by atoms with Crippen LogP contribution in [0.5, 0.6) is 0 Å². The van der Waals surface area contributed by atoms with E-state index >= 15 is 0 Å². The number of anilines is 2. The summed E-state index contributed by atoms with van der Waals surface area (Å²) in [6.45, 7) is 5.84. The maximum Gasteiger partial charge on any atom is 0.219 e. The normalized spacial score (nSPS) is 13.2. The number of nitrogens with one attached hydrogen (secondary N) is 1. The largest absolute Gasteiger partial charge is 0.397 e. The number of nitrogens with zero attached hydrogens (tertiary/aromatic N) is 4. The number of carbonyl (C=O) groups is 1. The van der Waals surface area contributed by atoms with Crippen molar-refractivity contribution in [3.63, 3.8) is 0 Å². The molecule has 0 fully saturated rings. The second kappa shape index (κ2) is 8.24. The molecule has 7 nitrogen and oxygen atoms in total. The van der Waals surface area contributed by atoms with E-state index in [0.717, 1.165) is 70.0 Å². The van der Waals surface area contributed by atoms with E-state index < -0.39 is 0 Å². The molecule has 168 valence electrons. The van der Waals surface area contributed by atoms with Gasteiger partial charge in [-0.15, -0.1) is 0 Å². The third-order valence-electron chi connectivity index (χ3n) is 6.48. The summed E-state index contributed by atoms with van der Waals surface area (Å²) in [7, 11) is 1.86. The molecule has 7 heteroatoms. The third kappa shape index (κ3) is 3.59. The van der Waals surface area contributed by atoms with Gasteiger partial charge in [-0.05, 0) is 23.6 Å². The zero-order valence-corrected chi connectivity index (χ0v) is 19.2. The van der Waals surface area contributed by atoms with Crippen LogP contribution < -0.4 is 11.1 Å². The van der Waals surface area contributed by atoms with Crippen LogP contribution in [0.4, 0.5) is 11.4 Å². The molecule has 4 aromatic rings. The summed E-state index contributed by atoms with van der Waals surface area (Å²) < 4.78 is 2.28. The zero-order valence-electron chi connectivity index (χ0n) is 19.2. The maximum atomic E-state index is 12.1. The molecule has 0 atom stereocenters. The summed E-state index contributed by atoms with van der Waals surface area (Å²) in [6, 6.07) is 14.3. The summed E-state index contributed by atoms with van der Waals surface area (Å²) in [6.07, 6.45) is 2.77. The molecule has 0 unspecified atom stereocenters. The Morgan fingerprint density at radius 2 is 2.03 bits per heavy atom. The Kier molecular flexibility index (Phi) is 5.24. The lowest BCUT2D eigenvalue weighted by Crippen LogP contribution is -2.37. The van der Waals surface area contributed by atoms with Gasteiger partial charge in [0, 0.05) is 56.2 Å². The standard InChI is InChI=1S/C26H28N6O/c1-4-25-30-26(24-15-31(16(2)33)10-11-32(24)25)19-7-5-6-17-13-23(29-14-20(17)19)18-8-9-22(28-3)21(27)12-18/h5-9,12-14,28H,4,10-11,15,27H2,1-3H3. The summed E-state index contributed by atoms with van der Waals surface area (Å²) in [5.41, 5.74) is 12.7. The Hall–Kier alpha value is -3.87. The van der Waals surface area contributed by atoms with Crippen molar-refractivity contribution in [1.29, 1.82) is 0 Å². The summed E-state index contributed by atoms with van der Waals surface area (Å²) >= 11 is 0. The van der Waals surface area contributed by atoms with Crippen LogP contribution in [-0.2, 0) is 24.3 Å². The van der Waals surface area contributed by atoms with Crippen LogP contribution >= 0.6 is 0 Å². The van der Waals surface area contributed by atoms with Gasteiger partial charge in [0.05, 0.1) is 35.0 Å². The highest BCUT2D eigenvalue weighted by molar-refractivity contribution is 5.97. The van der Waals surface area contributed by atoms with Crippen LogP contribution in [0.1, 0.15) is 25.4 Å². The smallest absolute Gasteiger partial charge is 0.219 e. The predicted octanol–water partition coefficient (Wildman–Crippen LogP) is 4.31. The number of aryl methyl sites for hydroxylation is 1. The molecule has 3 N–H and O–H groups in total. The molecule has 0 saturated carbocycles. The number of benzene rings is 2. The van der Waals surface area contributed by atoms with Crippen molar-refractivity contribution in [2.24, 2.45) is 0 Å². The van der Waals surface area contributed by atoms with Crippen LogP contribution in [0.25, 0.3) is 33.3 Å². The number of carbonyl (C=O) groups excluding carboxylic acids is 1. The van der Waals surface area contributed by atoms with E-state index in [1.807, 2.05) is 36.3 Å². The second-order valence-electron chi connectivity index (χ2n) is 8.42. The number of rotatable bonds is 4. The van der Waals surface area contributed by atoms with E-state index in [2.05, 4.69) is 41.1 Å². The quantitative estimate of drug-likeness (QED) is 0.462. The Morgan fingerprint density at radius 1 is 1.18 bits per heavy atom. The molecule has 0 saturated heterocycles. The number of nitrogens with two attached hydrogens (primary N) is 1. The molecule has 0 radical (unpaired) electrons. The molecule has 1 aliphatic heterocycles. The van der Waals surface area contributed by atoms with Gasteiger partial charge in [-0.25, -0.2) is 4.98 Å². The van der Waals surface area contributed by atoms with Gasteiger partial charge in [-0.2, -0.15) is 0 Å². The lowest BCUT2D eigenvalue weighted by molar-refractivity contribution is -0.130. The fraction of sp³-hybridized carbons (Fsp3) is 0.269. The van der Waals surface area contributed by atoms with Crippen molar-refractivity contribution in [3.8, 4) is 22.5 Å². The van der Waals surface area contributed by atoms with Crippen molar-refractivity contribution < 1.29 is 4.79 Å². The van der Waals surface area contributed by atoms with E-state index in [1.54, 1.807) is 6.92 Å². The highest BCUT2D eigenvalue weighted by Gasteiger charge is 2.26. The number of amides is 1. The number of hydrogen-bond donors (Lipinski definition) is 2. The van der Waals surface area contributed by atoms with Crippen molar-refractivity contribution in [2.75, 3.05) is 24.6 Å². The highest BCUT2D eigenvalue weighted by Crippen LogP contribution is 2.35. The van der Waals surface area contributed by atoms with Crippen molar-refractivity contribution >= 4 is 28.1 Å². The van der Waals surface area contributed by atoms with Crippen LogP contribution in [-0.4, -0.2) is 38.9 Å². The van der Waals surface area contributed by atoms with Gasteiger partial charge in [0.1, 0.15) is 5.82 Å². The highest BCUT2D eigenvalue weighted by atomic mass is 16.2. The van der Waals surface area contributed by atoms with Crippen molar-refractivity contribution in [2.45, 2.75) is 33.4 Å². The van der Waals surface area contributed by atoms with Gasteiger partial charge in [0.25, 0.3) is 0 Å². The second-order valence-corrected chi connectivity index (χ2v) is 8.42. The zero-order chi connectivity index (χ0) is 23.1. The van der Waals surface area contributed by atoms with Crippen molar-refractivity contribution in [3.05, 3.63) is 60.2 Å². The molecule has 5 rings (SSSR count). The van der Waals surface area contributed by atoms with Crippen molar-refractivity contribution in [1.82, 2.24) is 19.4 Å². The molecular formula is C26H28N6O. The number of imidazole rings is 1. The Balaban J connectivity index is 1.61. The Labute approximate surface area is 193 Å². The molecule has 2 aromatic carbocycles. The molecular weight excluding hydrogens is 412 g/mol. The molecule has 0 bridgehead atoms. The lowest BCUT2D eigenvalue weighted by atomic mass is 10.00. The van der Waals surface area contributed by atoms with Gasteiger partial charge in [0.2, 0.25) is 5.91 Å². The first-order valence-corrected chi connectivity index (χ1v) is 11.3. The van der Waals surface area contributed by atoms with Crippen LogP contribution in [0.2, 0.25) is 0 Å². The summed E-state index contributed by atoms with van der Waals surface area (Å²) in [4.78, 5) is 23.7.